The van der Waals surface area contributed by atoms with Crippen molar-refractivity contribution >= 4 is 17.6 Å². The average Bonchev–Trinajstić information content (AvgIpc) is 2.24. The summed E-state index contributed by atoms with van der Waals surface area (Å²) in [5.41, 5.74) is 0. The summed E-state index contributed by atoms with van der Waals surface area (Å²) in [5.74, 6) is -1.38. The van der Waals surface area contributed by atoms with Crippen LogP contribution in [-0.4, -0.2) is 28.0 Å². The van der Waals surface area contributed by atoms with Gasteiger partial charge in [-0.25, -0.2) is 13.8 Å². The molecule has 1 aromatic heterocycles. The van der Waals surface area contributed by atoms with E-state index in [1.807, 2.05) is 0 Å². The summed E-state index contributed by atoms with van der Waals surface area (Å²) >= 11 is 1.08. The van der Waals surface area contributed by atoms with Gasteiger partial charge >= 0.3 is 0 Å². The number of nitrogens with one attached hydrogen (secondary N) is 1. The Kier molecular flexibility index (Phi) is 5.14. The molecular weight excluding hydrogens is 246 g/mol. The van der Waals surface area contributed by atoms with E-state index in [-0.39, 0.29) is 16.1 Å². The van der Waals surface area contributed by atoms with Crippen LogP contribution in [0.1, 0.15) is 20.8 Å². The normalized spacial score (nSPS) is 14.5. The number of hydrogen-bond acceptors (Lipinski definition) is 4. The lowest BCUT2D eigenvalue weighted by atomic mass is 10.3. The Morgan fingerprint density at radius 1 is 1.41 bits per heavy atom. The highest BCUT2D eigenvalue weighted by molar-refractivity contribution is 7.99. The van der Waals surface area contributed by atoms with Crippen LogP contribution >= 0.6 is 11.8 Å². The van der Waals surface area contributed by atoms with Gasteiger partial charge in [0.05, 0.1) is 6.10 Å². The molecule has 0 fully saturated rings. The van der Waals surface area contributed by atoms with Gasteiger partial charge in [0.25, 0.3) is 0 Å². The lowest BCUT2D eigenvalue weighted by Gasteiger charge is -2.14. The smallest absolute Gasteiger partial charge is 0.168 e. The van der Waals surface area contributed by atoms with Crippen molar-refractivity contribution in [3.8, 4) is 0 Å². The predicted molar refractivity (Wildman–Crippen MR) is 65.3 cm³/mol. The Hall–Kier alpha value is -0.880. The zero-order valence-electron chi connectivity index (χ0n) is 10.00. The molecule has 17 heavy (non-hydrogen) atoms. The Labute approximate surface area is 104 Å². The van der Waals surface area contributed by atoms with Crippen molar-refractivity contribution in [1.29, 1.82) is 0 Å². The van der Waals surface area contributed by atoms with Crippen molar-refractivity contribution in [3.05, 3.63) is 17.7 Å². The first-order chi connectivity index (χ1) is 7.95. The highest BCUT2D eigenvalue weighted by atomic mass is 32.2. The largest absolute Gasteiger partial charge is 0.392 e. The molecular formula is C11H16F2N2OS. The van der Waals surface area contributed by atoms with Gasteiger partial charge in [-0.1, -0.05) is 18.7 Å². The quantitative estimate of drug-likeness (QED) is 0.801. The van der Waals surface area contributed by atoms with Crippen molar-refractivity contribution in [3.63, 3.8) is 0 Å². The molecule has 0 saturated heterocycles. The molecule has 2 N–H and O–H groups in total. The first-order valence-electron chi connectivity index (χ1n) is 5.40. The van der Waals surface area contributed by atoms with Gasteiger partial charge in [0.1, 0.15) is 5.03 Å². The summed E-state index contributed by atoms with van der Waals surface area (Å²) < 4.78 is 26.8. The van der Waals surface area contributed by atoms with Crippen LogP contribution in [0.25, 0.3) is 0 Å². The Balaban J connectivity index is 2.95. The van der Waals surface area contributed by atoms with Crippen molar-refractivity contribution in [2.75, 3.05) is 11.9 Å². The molecule has 6 heteroatoms. The van der Waals surface area contributed by atoms with Gasteiger partial charge in [-0.2, -0.15) is 0 Å². The van der Waals surface area contributed by atoms with Gasteiger partial charge in [0.2, 0.25) is 0 Å². The number of nitrogens with zero attached hydrogens (tertiary/aromatic N) is 1. The van der Waals surface area contributed by atoms with Crippen LogP contribution in [0.2, 0.25) is 0 Å². The SMILES string of the molecule is CCNc1nc(SC(C)C(C)O)c(F)cc1F. The Morgan fingerprint density at radius 2 is 2.06 bits per heavy atom. The highest BCUT2D eigenvalue weighted by Gasteiger charge is 2.17. The van der Waals surface area contributed by atoms with E-state index in [0.717, 1.165) is 17.8 Å². The van der Waals surface area contributed by atoms with E-state index < -0.39 is 17.7 Å². The second-order valence-electron chi connectivity index (χ2n) is 3.70. The van der Waals surface area contributed by atoms with Gasteiger partial charge in [0, 0.05) is 17.9 Å². The first kappa shape index (κ1) is 14.2. The van der Waals surface area contributed by atoms with Crippen LogP contribution in [0.15, 0.2) is 11.1 Å². The second-order valence-corrected chi connectivity index (χ2v) is 5.07. The van der Waals surface area contributed by atoms with Crippen LogP contribution in [0.4, 0.5) is 14.6 Å². The van der Waals surface area contributed by atoms with Crippen LogP contribution < -0.4 is 5.32 Å². The van der Waals surface area contributed by atoms with Gasteiger partial charge in [0.15, 0.2) is 17.5 Å². The van der Waals surface area contributed by atoms with E-state index in [1.54, 1.807) is 20.8 Å². The third-order valence-electron chi connectivity index (χ3n) is 2.22. The van der Waals surface area contributed by atoms with E-state index in [1.165, 1.54) is 0 Å². The minimum absolute atomic E-state index is 0.0363. The first-order valence-corrected chi connectivity index (χ1v) is 6.28. The maximum Gasteiger partial charge on any atom is 0.168 e. The third kappa shape index (κ3) is 3.81. The molecule has 1 aromatic rings. The molecule has 0 aliphatic heterocycles. The summed E-state index contributed by atoms with van der Waals surface area (Å²) in [6, 6.07) is 0.808. The van der Waals surface area contributed by atoms with Gasteiger partial charge in [-0.05, 0) is 13.8 Å². The number of hydrogen-bond donors (Lipinski definition) is 2. The summed E-state index contributed by atoms with van der Waals surface area (Å²) in [5, 5.41) is 11.9. The second kappa shape index (κ2) is 6.16. The molecule has 0 spiro atoms. The fourth-order valence-corrected chi connectivity index (χ4v) is 1.96. The van der Waals surface area contributed by atoms with E-state index in [4.69, 9.17) is 0 Å². The molecule has 0 aliphatic rings. The molecule has 96 valence electrons. The lowest BCUT2D eigenvalue weighted by Crippen LogP contribution is -2.16. The molecule has 0 saturated carbocycles. The summed E-state index contributed by atoms with van der Waals surface area (Å²) in [7, 11) is 0. The van der Waals surface area contributed by atoms with Crippen LogP contribution in [0, 0.1) is 11.6 Å². The fraction of sp³-hybridized carbons (Fsp3) is 0.545. The molecule has 3 nitrogen and oxygen atoms in total. The number of aromatic nitrogens is 1. The molecule has 1 heterocycles. The predicted octanol–water partition coefficient (Wildman–Crippen LogP) is 2.65. The number of rotatable bonds is 5. The minimum Gasteiger partial charge on any atom is -0.392 e. The zero-order valence-corrected chi connectivity index (χ0v) is 10.8. The Morgan fingerprint density at radius 3 is 2.59 bits per heavy atom. The summed E-state index contributed by atoms with van der Waals surface area (Å²) in [4.78, 5) is 3.87. The topological polar surface area (TPSA) is 45.2 Å². The zero-order chi connectivity index (χ0) is 13.0. The average molecular weight is 262 g/mol. The molecule has 0 aliphatic carbocycles. The van der Waals surface area contributed by atoms with Gasteiger partial charge in [-0.15, -0.1) is 0 Å². The van der Waals surface area contributed by atoms with Crippen molar-refractivity contribution in [2.24, 2.45) is 0 Å². The maximum atomic E-state index is 13.5. The summed E-state index contributed by atoms with van der Waals surface area (Å²) in [6.07, 6.45) is -0.589. The molecule has 2 atom stereocenters. The van der Waals surface area contributed by atoms with Crippen molar-refractivity contribution in [1.82, 2.24) is 4.98 Å². The molecule has 2 unspecified atom stereocenters. The van der Waals surface area contributed by atoms with Crippen LogP contribution in [-0.2, 0) is 0 Å². The fourth-order valence-electron chi connectivity index (χ4n) is 1.10. The third-order valence-corrected chi connectivity index (χ3v) is 3.49. The number of aliphatic hydroxyl groups is 1. The monoisotopic (exact) mass is 262 g/mol. The Bertz CT molecular complexity index is 388. The van der Waals surface area contributed by atoms with Gasteiger partial charge in [-0.3, -0.25) is 0 Å². The lowest BCUT2D eigenvalue weighted by molar-refractivity contribution is 0.196. The minimum atomic E-state index is -0.710. The highest BCUT2D eigenvalue weighted by Crippen LogP contribution is 2.28. The molecule has 0 bridgehead atoms. The number of aliphatic hydroxyl groups excluding tert-OH is 1. The summed E-state index contributed by atoms with van der Waals surface area (Å²) in [6.45, 7) is 5.68. The van der Waals surface area contributed by atoms with Crippen molar-refractivity contribution in [2.45, 2.75) is 37.2 Å². The van der Waals surface area contributed by atoms with Crippen molar-refractivity contribution < 1.29 is 13.9 Å². The van der Waals surface area contributed by atoms with E-state index in [2.05, 4.69) is 10.3 Å². The maximum absolute atomic E-state index is 13.5. The molecule has 0 radical (unpaired) electrons. The van der Waals surface area contributed by atoms with E-state index in [0.29, 0.717) is 6.54 Å². The molecule has 0 aromatic carbocycles. The van der Waals surface area contributed by atoms with E-state index >= 15 is 0 Å². The number of anilines is 1. The standard InChI is InChI=1S/C11H16F2N2OS/c1-4-14-10-8(12)5-9(13)11(15-10)17-7(3)6(2)16/h5-7,16H,4H2,1-3H3,(H,14,15). The number of thioether (sulfide) groups is 1. The van der Waals surface area contributed by atoms with E-state index in [9.17, 15) is 13.9 Å². The van der Waals surface area contributed by atoms with Crippen LogP contribution in [0.3, 0.4) is 0 Å². The van der Waals surface area contributed by atoms with Crippen LogP contribution in [0.5, 0.6) is 0 Å². The number of pyridine rings is 1. The van der Waals surface area contributed by atoms with Gasteiger partial charge < -0.3 is 10.4 Å². The number of halogens is 2. The molecule has 0 amide bonds. The molecule has 1 rings (SSSR count).